The Morgan fingerprint density at radius 1 is 1.67 bits per heavy atom. The van der Waals surface area contributed by atoms with Crippen LogP contribution in [0.2, 0.25) is 0 Å². The van der Waals surface area contributed by atoms with E-state index in [0.29, 0.717) is 13.0 Å². The largest absolute Gasteiger partial charge is 0.465 e. The lowest BCUT2D eigenvalue weighted by Crippen LogP contribution is -2.49. The molecule has 0 amide bonds. The van der Waals surface area contributed by atoms with Crippen LogP contribution in [0.4, 0.5) is 0 Å². The quantitative estimate of drug-likeness (QED) is 0.574. The average Bonchev–Trinajstić information content (AvgIpc) is 2.40. The summed E-state index contributed by atoms with van der Waals surface area (Å²) in [6, 6.07) is 0. The van der Waals surface area contributed by atoms with Crippen molar-refractivity contribution in [1.82, 2.24) is 0 Å². The molecular weight excluding hydrogens is 192 g/mol. The van der Waals surface area contributed by atoms with Gasteiger partial charge in [-0.15, -0.1) is 6.58 Å². The van der Waals surface area contributed by atoms with E-state index < -0.39 is 11.0 Å². The molecule has 3 heteroatoms. The fraction of sp³-hybridized carbons (Fsp3) is 0.750. The molecule has 0 radical (unpaired) electrons. The summed E-state index contributed by atoms with van der Waals surface area (Å²) in [5.41, 5.74) is -1.86. The van der Waals surface area contributed by atoms with Gasteiger partial charge < -0.3 is 9.84 Å². The molecule has 1 rings (SSSR count). The molecule has 3 nitrogen and oxygen atoms in total. The number of rotatable bonds is 3. The molecule has 1 aliphatic carbocycles. The summed E-state index contributed by atoms with van der Waals surface area (Å²) < 4.78 is 5.02. The summed E-state index contributed by atoms with van der Waals surface area (Å²) >= 11 is 0. The second kappa shape index (κ2) is 3.97. The summed E-state index contributed by atoms with van der Waals surface area (Å²) in [5, 5.41) is 10.4. The molecule has 1 aliphatic rings. The Labute approximate surface area is 91.1 Å². The smallest absolute Gasteiger partial charge is 0.314 e. The number of hydrogen-bond acceptors (Lipinski definition) is 3. The monoisotopic (exact) mass is 212 g/mol. The Balaban J connectivity index is 2.95. The molecule has 0 spiro atoms. The first-order valence-corrected chi connectivity index (χ1v) is 5.42. The van der Waals surface area contributed by atoms with Crippen molar-refractivity contribution in [2.75, 3.05) is 6.61 Å². The molecule has 0 aliphatic heterocycles. The summed E-state index contributed by atoms with van der Waals surface area (Å²) in [4.78, 5) is 11.8. The van der Waals surface area contributed by atoms with E-state index in [1.165, 1.54) is 0 Å². The van der Waals surface area contributed by atoms with E-state index in [1.54, 1.807) is 26.8 Å². The van der Waals surface area contributed by atoms with Gasteiger partial charge in [0.05, 0.1) is 17.6 Å². The van der Waals surface area contributed by atoms with Crippen LogP contribution in [0.1, 0.15) is 33.6 Å². The predicted octanol–water partition coefficient (Wildman–Crippen LogP) is 1.90. The Hall–Kier alpha value is -0.830. The van der Waals surface area contributed by atoms with Crippen molar-refractivity contribution in [2.24, 2.45) is 11.3 Å². The first-order chi connectivity index (χ1) is 6.90. The first kappa shape index (κ1) is 12.2. The predicted molar refractivity (Wildman–Crippen MR) is 58.3 cm³/mol. The van der Waals surface area contributed by atoms with Crippen LogP contribution in [-0.4, -0.2) is 23.3 Å². The van der Waals surface area contributed by atoms with Crippen molar-refractivity contribution >= 4 is 5.97 Å². The number of aliphatic hydroxyl groups is 1. The minimum Gasteiger partial charge on any atom is -0.465 e. The van der Waals surface area contributed by atoms with E-state index in [4.69, 9.17) is 4.74 Å². The molecule has 0 aromatic carbocycles. The molecule has 3 atom stereocenters. The second-order valence-corrected chi connectivity index (χ2v) is 4.58. The Morgan fingerprint density at radius 2 is 2.27 bits per heavy atom. The van der Waals surface area contributed by atoms with Gasteiger partial charge in [-0.3, -0.25) is 4.79 Å². The van der Waals surface area contributed by atoms with Gasteiger partial charge in [0.25, 0.3) is 0 Å². The number of carbonyl (C=O) groups excluding carboxylic acids is 1. The lowest BCUT2D eigenvalue weighted by molar-refractivity contribution is -0.169. The van der Waals surface area contributed by atoms with Gasteiger partial charge in [-0.05, 0) is 33.6 Å². The molecule has 1 N–H and O–H groups in total. The minimum atomic E-state index is -1.05. The lowest BCUT2D eigenvalue weighted by Gasteiger charge is -2.37. The molecule has 0 aromatic heterocycles. The number of esters is 1. The highest BCUT2D eigenvalue weighted by atomic mass is 16.5. The van der Waals surface area contributed by atoms with Crippen LogP contribution in [-0.2, 0) is 9.53 Å². The van der Waals surface area contributed by atoms with Gasteiger partial charge in [-0.1, -0.05) is 6.08 Å². The minimum absolute atomic E-state index is 0.0353. The molecule has 0 heterocycles. The molecule has 86 valence electrons. The third kappa shape index (κ3) is 1.69. The van der Waals surface area contributed by atoms with Crippen molar-refractivity contribution in [3.63, 3.8) is 0 Å². The van der Waals surface area contributed by atoms with Crippen LogP contribution in [0, 0.1) is 11.3 Å². The standard InChI is InChI=1S/C12H20O3/c1-5-9-7-8-11(3,12(9,4)14)10(13)15-6-2/h5,9,14H,1,6-8H2,2-4H3/t9-,11+,12-/m1/s1. The van der Waals surface area contributed by atoms with Crippen LogP contribution < -0.4 is 0 Å². The number of ether oxygens (including phenoxy) is 1. The molecule has 1 saturated carbocycles. The Morgan fingerprint density at radius 3 is 2.67 bits per heavy atom. The molecule has 15 heavy (non-hydrogen) atoms. The molecule has 1 fully saturated rings. The van der Waals surface area contributed by atoms with Gasteiger partial charge in [0.1, 0.15) is 0 Å². The lowest BCUT2D eigenvalue weighted by atomic mass is 9.74. The van der Waals surface area contributed by atoms with Gasteiger partial charge in [-0.25, -0.2) is 0 Å². The van der Waals surface area contributed by atoms with Crippen LogP contribution in [0.15, 0.2) is 12.7 Å². The number of carbonyl (C=O) groups is 1. The molecule has 0 bridgehead atoms. The molecule has 0 unspecified atom stereocenters. The summed E-state index contributed by atoms with van der Waals surface area (Å²) in [7, 11) is 0. The fourth-order valence-corrected chi connectivity index (χ4v) is 2.33. The summed E-state index contributed by atoms with van der Waals surface area (Å²) in [6.07, 6.45) is 3.16. The zero-order chi connectivity index (χ0) is 11.7. The maximum atomic E-state index is 11.8. The van der Waals surface area contributed by atoms with Crippen molar-refractivity contribution in [3.8, 4) is 0 Å². The van der Waals surface area contributed by atoms with Crippen molar-refractivity contribution in [2.45, 2.75) is 39.2 Å². The maximum Gasteiger partial charge on any atom is 0.314 e. The van der Waals surface area contributed by atoms with Gasteiger partial charge in [0.2, 0.25) is 0 Å². The van der Waals surface area contributed by atoms with E-state index >= 15 is 0 Å². The Kier molecular flexibility index (Phi) is 3.24. The zero-order valence-corrected chi connectivity index (χ0v) is 9.75. The van der Waals surface area contributed by atoms with E-state index in [2.05, 4.69) is 6.58 Å². The van der Waals surface area contributed by atoms with E-state index in [1.807, 2.05) is 0 Å². The topological polar surface area (TPSA) is 46.5 Å². The first-order valence-electron chi connectivity index (χ1n) is 5.42. The third-order valence-electron chi connectivity index (χ3n) is 3.80. The summed E-state index contributed by atoms with van der Waals surface area (Å²) in [6.45, 7) is 9.29. The highest BCUT2D eigenvalue weighted by Crippen LogP contribution is 2.50. The average molecular weight is 212 g/mol. The maximum absolute atomic E-state index is 11.8. The van der Waals surface area contributed by atoms with Gasteiger partial charge >= 0.3 is 5.97 Å². The van der Waals surface area contributed by atoms with Gasteiger partial charge in [0, 0.05) is 5.92 Å². The normalized spacial score (nSPS) is 40.1. The molecule has 0 saturated heterocycles. The van der Waals surface area contributed by atoms with Gasteiger partial charge in [-0.2, -0.15) is 0 Å². The van der Waals surface area contributed by atoms with Crippen molar-refractivity contribution in [3.05, 3.63) is 12.7 Å². The van der Waals surface area contributed by atoms with Crippen molar-refractivity contribution in [1.29, 1.82) is 0 Å². The van der Waals surface area contributed by atoms with Crippen LogP contribution in [0.5, 0.6) is 0 Å². The van der Waals surface area contributed by atoms with Crippen LogP contribution >= 0.6 is 0 Å². The molecule has 0 aromatic rings. The zero-order valence-electron chi connectivity index (χ0n) is 9.75. The Bertz CT molecular complexity index is 270. The third-order valence-corrected chi connectivity index (χ3v) is 3.80. The van der Waals surface area contributed by atoms with Crippen LogP contribution in [0.3, 0.4) is 0 Å². The fourth-order valence-electron chi connectivity index (χ4n) is 2.33. The van der Waals surface area contributed by atoms with Gasteiger partial charge in [0.15, 0.2) is 0 Å². The van der Waals surface area contributed by atoms with Crippen molar-refractivity contribution < 1.29 is 14.6 Å². The van der Waals surface area contributed by atoms with E-state index in [9.17, 15) is 9.90 Å². The van der Waals surface area contributed by atoms with E-state index in [-0.39, 0.29) is 11.9 Å². The highest BCUT2D eigenvalue weighted by molar-refractivity contribution is 5.78. The second-order valence-electron chi connectivity index (χ2n) is 4.58. The SMILES string of the molecule is C=C[C@@H]1CC[C@@](C)(C(=O)OCC)[C@]1(C)O. The molecular formula is C12H20O3. The highest BCUT2D eigenvalue weighted by Gasteiger charge is 2.57. The van der Waals surface area contributed by atoms with E-state index in [0.717, 1.165) is 6.42 Å². The number of hydrogen-bond donors (Lipinski definition) is 1. The summed E-state index contributed by atoms with van der Waals surface area (Å²) in [5.74, 6) is -0.341. The van der Waals surface area contributed by atoms with Crippen LogP contribution in [0.25, 0.3) is 0 Å².